The zero-order valence-electron chi connectivity index (χ0n) is 17.8. The number of benzene rings is 1. The van der Waals surface area contributed by atoms with Crippen LogP contribution in [0.3, 0.4) is 0 Å². The van der Waals surface area contributed by atoms with Crippen LogP contribution in [0.25, 0.3) is 10.9 Å². The van der Waals surface area contributed by atoms with E-state index in [0.717, 1.165) is 42.4 Å². The molecule has 1 amide bonds. The van der Waals surface area contributed by atoms with Gasteiger partial charge >= 0.3 is 0 Å². The second-order valence-electron chi connectivity index (χ2n) is 8.16. The zero-order valence-corrected chi connectivity index (χ0v) is 18.6. The van der Waals surface area contributed by atoms with Gasteiger partial charge in [0.1, 0.15) is 5.82 Å². The Hall–Kier alpha value is -3.00. The van der Waals surface area contributed by atoms with Crippen molar-refractivity contribution in [2.45, 2.75) is 31.7 Å². The van der Waals surface area contributed by atoms with Gasteiger partial charge in [0.2, 0.25) is 5.95 Å². The maximum atomic E-state index is 12.1. The number of nitrogens with one attached hydrogen (secondary N) is 2. The fourth-order valence-electron chi connectivity index (χ4n) is 4.00. The summed E-state index contributed by atoms with van der Waals surface area (Å²) in [6.07, 6.45) is 3.93. The maximum Gasteiger partial charge on any atom is 0.293 e. The highest BCUT2D eigenvalue weighted by molar-refractivity contribution is 7.13. The van der Waals surface area contributed by atoms with Gasteiger partial charge in [-0.25, -0.2) is 4.98 Å². The van der Waals surface area contributed by atoms with E-state index in [1.54, 1.807) is 17.5 Å². The van der Waals surface area contributed by atoms with E-state index in [1.807, 2.05) is 43.3 Å². The number of hydrogen-bond donors (Lipinski definition) is 2. The number of rotatable bonds is 7. The highest BCUT2D eigenvalue weighted by Crippen LogP contribution is 2.28. The van der Waals surface area contributed by atoms with Crippen molar-refractivity contribution >= 4 is 45.7 Å². The number of thiophene rings is 1. The Morgan fingerprint density at radius 1 is 1.06 bits per heavy atom. The fourth-order valence-corrected chi connectivity index (χ4v) is 4.66. The molecule has 1 aliphatic carbocycles. The molecule has 0 spiro atoms. The lowest BCUT2D eigenvalue weighted by Gasteiger charge is -2.29. The number of carbonyl (C=O) groups excluding carboxylic acids is 2. The molecule has 0 bridgehead atoms. The number of fused-ring (bicyclic) bond motifs is 1. The zero-order chi connectivity index (χ0) is 21.8. The summed E-state index contributed by atoms with van der Waals surface area (Å²) in [6, 6.07) is 11.8. The van der Waals surface area contributed by atoms with E-state index in [9.17, 15) is 9.59 Å². The maximum absolute atomic E-state index is 12.1. The largest absolute Gasteiger partial charge is 0.362 e. The number of Topliss-reactive ketones (excluding diaryl/α,β-unsaturated/α-hetero) is 1. The standard InChI is InChI=1S/C23H27N5O2S/c1-28(2)21-17-6-3-4-7-18(17)26-23(27-21)25-16-11-9-15(10-12-16)14-24-22(30)20(29)19-8-5-13-31-19/h3-8,13,15-16H,9-12,14H2,1-2H3,(H,24,30)(H,25,26,27). The topological polar surface area (TPSA) is 87.2 Å². The van der Waals surface area contributed by atoms with Crippen molar-refractivity contribution in [3.8, 4) is 0 Å². The van der Waals surface area contributed by atoms with Gasteiger partial charge in [0.25, 0.3) is 11.7 Å². The average molecular weight is 438 g/mol. The predicted molar refractivity (Wildman–Crippen MR) is 125 cm³/mol. The molecule has 7 nitrogen and oxygen atoms in total. The summed E-state index contributed by atoms with van der Waals surface area (Å²) in [4.78, 5) is 36.1. The minimum absolute atomic E-state index is 0.302. The van der Waals surface area contributed by atoms with Crippen molar-refractivity contribution in [3.63, 3.8) is 0 Å². The van der Waals surface area contributed by atoms with Crippen LogP contribution in [-0.4, -0.2) is 48.3 Å². The SMILES string of the molecule is CN(C)c1nc(NC2CCC(CNC(=O)C(=O)c3cccs3)CC2)nc2ccccc12. The fraction of sp³-hybridized carbons (Fsp3) is 0.391. The van der Waals surface area contributed by atoms with Crippen molar-refractivity contribution in [2.75, 3.05) is 30.9 Å². The van der Waals surface area contributed by atoms with Crippen LogP contribution in [0.5, 0.6) is 0 Å². The summed E-state index contributed by atoms with van der Waals surface area (Å²) in [6.45, 7) is 0.542. The van der Waals surface area contributed by atoms with Crippen LogP contribution in [0.15, 0.2) is 41.8 Å². The molecular formula is C23H27N5O2S. The Balaban J connectivity index is 1.30. The highest BCUT2D eigenvalue weighted by Gasteiger charge is 2.24. The van der Waals surface area contributed by atoms with Crippen LogP contribution < -0.4 is 15.5 Å². The molecule has 1 aromatic carbocycles. The number of ketones is 1. The Kier molecular flexibility index (Phi) is 6.46. The molecule has 2 heterocycles. The van der Waals surface area contributed by atoms with Crippen LogP contribution in [-0.2, 0) is 4.79 Å². The van der Waals surface area contributed by atoms with E-state index < -0.39 is 11.7 Å². The molecule has 162 valence electrons. The van der Waals surface area contributed by atoms with E-state index in [4.69, 9.17) is 9.97 Å². The van der Waals surface area contributed by atoms with Gasteiger partial charge in [0.05, 0.1) is 10.4 Å². The number of amides is 1. The predicted octanol–water partition coefficient (Wildman–Crippen LogP) is 3.73. The van der Waals surface area contributed by atoms with Crippen molar-refractivity contribution < 1.29 is 9.59 Å². The van der Waals surface area contributed by atoms with Gasteiger partial charge in [-0.15, -0.1) is 11.3 Å². The van der Waals surface area contributed by atoms with E-state index in [-0.39, 0.29) is 0 Å². The first-order valence-corrected chi connectivity index (χ1v) is 11.5. The van der Waals surface area contributed by atoms with Crippen molar-refractivity contribution in [3.05, 3.63) is 46.7 Å². The molecule has 0 saturated heterocycles. The quantitative estimate of drug-likeness (QED) is 0.433. The Labute approximate surface area is 185 Å². The van der Waals surface area contributed by atoms with Crippen molar-refractivity contribution in [1.29, 1.82) is 0 Å². The number of nitrogens with zero attached hydrogens (tertiary/aromatic N) is 3. The minimum Gasteiger partial charge on any atom is -0.362 e. The average Bonchev–Trinajstić information content (AvgIpc) is 3.32. The third-order valence-electron chi connectivity index (χ3n) is 5.69. The molecule has 3 aromatic rings. The van der Waals surface area contributed by atoms with Gasteiger partial charge in [-0.2, -0.15) is 4.98 Å². The molecular weight excluding hydrogens is 410 g/mol. The van der Waals surface area contributed by atoms with E-state index in [2.05, 4.69) is 10.6 Å². The van der Waals surface area contributed by atoms with Crippen LogP contribution in [0, 0.1) is 5.92 Å². The number of hydrogen-bond acceptors (Lipinski definition) is 7. The van der Waals surface area contributed by atoms with Gasteiger partial charge in [-0.05, 0) is 55.2 Å². The molecule has 0 atom stereocenters. The van der Waals surface area contributed by atoms with Crippen LogP contribution in [0.1, 0.15) is 35.4 Å². The van der Waals surface area contributed by atoms with Crippen molar-refractivity contribution in [2.24, 2.45) is 5.92 Å². The number of carbonyl (C=O) groups is 2. The molecule has 8 heteroatoms. The third-order valence-corrected chi connectivity index (χ3v) is 6.56. The lowest BCUT2D eigenvalue weighted by atomic mass is 9.86. The minimum atomic E-state index is -0.511. The van der Waals surface area contributed by atoms with E-state index in [1.165, 1.54) is 11.3 Å². The molecule has 0 unspecified atom stereocenters. The monoisotopic (exact) mass is 437 g/mol. The first-order valence-electron chi connectivity index (χ1n) is 10.6. The van der Waals surface area contributed by atoms with Crippen LogP contribution >= 0.6 is 11.3 Å². The molecule has 31 heavy (non-hydrogen) atoms. The molecule has 1 saturated carbocycles. The lowest BCUT2D eigenvalue weighted by molar-refractivity contribution is -0.117. The summed E-state index contributed by atoms with van der Waals surface area (Å²) < 4.78 is 0. The third kappa shape index (κ3) is 5.02. The van der Waals surface area contributed by atoms with Crippen LogP contribution in [0.4, 0.5) is 11.8 Å². The second kappa shape index (κ2) is 9.43. The Morgan fingerprint density at radius 3 is 2.55 bits per heavy atom. The summed E-state index contributed by atoms with van der Waals surface area (Å²) in [5.41, 5.74) is 0.926. The highest BCUT2D eigenvalue weighted by atomic mass is 32.1. The molecule has 2 aromatic heterocycles. The van der Waals surface area contributed by atoms with Gasteiger partial charge in [0.15, 0.2) is 0 Å². The molecule has 0 aliphatic heterocycles. The van der Waals surface area contributed by atoms with Crippen LogP contribution in [0.2, 0.25) is 0 Å². The summed E-state index contributed by atoms with van der Waals surface area (Å²) in [7, 11) is 3.97. The molecule has 4 rings (SSSR count). The van der Waals surface area contributed by atoms with Gasteiger partial charge in [-0.3, -0.25) is 9.59 Å². The number of para-hydroxylation sites is 1. The smallest absolute Gasteiger partial charge is 0.293 e. The number of aromatic nitrogens is 2. The first kappa shape index (κ1) is 21.2. The molecule has 1 aliphatic rings. The second-order valence-corrected chi connectivity index (χ2v) is 9.11. The molecule has 1 fully saturated rings. The van der Waals surface area contributed by atoms with E-state index in [0.29, 0.717) is 29.3 Å². The summed E-state index contributed by atoms with van der Waals surface area (Å²) in [5.74, 6) is 0.979. The Morgan fingerprint density at radius 2 is 1.84 bits per heavy atom. The normalized spacial score (nSPS) is 18.5. The lowest BCUT2D eigenvalue weighted by Crippen LogP contribution is -2.37. The van der Waals surface area contributed by atoms with Gasteiger partial charge < -0.3 is 15.5 Å². The van der Waals surface area contributed by atoms with Gasteiger partial charge in [0, 0.05) is 32.1 Å². The Bertz CT molecular complexity index is 1060. The molecule has 2 N–H and O–H groups in total. The summed E-state index contributed by atoms with van der Waals surface area (Å²) >= 11 is 1.29. The molecule has 0 radical (unpaired) electrons. The van der Waals surface area contributed by atoms with Gasteiger partial charge in [-0.1, -0.05) is 18.2 Å². The van der Waals surface area contributed by atoms with E-state index >= 15 is 0 Å². The van der Waals surface area contributed by atoms with Crippen molar-refractivity contribution in [1.82, 2.24) is 15.3 Å². The summed E-state index contributed by atoms with van der Waals surface area (Å²) in [5, 5.41) is 9.15. The number of anilines is 2. The first-order chi connectivity index (χ1) is 15.0.